The molecule has 1 aliphatic carbocycles. The van der Waals surface area contributed by atoms with Crippen molar-refractivity contribution < 1.29 is 14.3 Å². The van der Waals surface area contributed by atoms with Crippen LogP contribution in [0.4, 0.5) is 0 Å². The average Bonchev–Trinajstić information content (AvgIpc) is 2.00. The van der Waals surface area contributed by atoms with Crippen LogP contribution in [0.3, 0.4) is 0 Å². The van der Waals surface area contributed by atoms with Crippen LogP contribution in [0.1, 0.15) is 19.3 Å². The number of thioether (sulfide) groups is 1. The van der Waals surface area contributed by atoms with E-state index < -0.39 is 0 Å². The number of carbonyl (C=O) groups excluding carboxylic acids is 1. The van der Waals surface area contributed by atoms with E-state index in [1.165, 1.54) is 19.3 Å². The van der Waals surface area contributed by atoms with Crippen molar-refractivity contribution in [2.45, 2.75) is 25.4 Å². The maximum atomic E-state index is 9.73. The fourth-order valence-electron chi connectivity index (χ4n) is 0.946. The summed E-state index contributed by atoms with van der Waals surface area (Å²) in [6.45, 7) is 1.25. The molecule has 0 unspecified atom stereocenters. The van der Waals surface area contributed by atoms with Gasteiger partial charge in [-0.25, -0.2) is 0 Å². The third-order valence-electron chi connectivity index (χ3n) is 1.85. The van der Waals surface area contributed by atoms with Crippen molar-refractivity contribution >= 4 is 18.2 Å². The SMILES string of the molecule is O=COCSCCOC1CCC1. The summed E-state index contributed by atoms with van der Waals surface area (Å²) in [6, 6.07) is 0. The smallest absolute Gasteiger partial charge is 0.293 e. The molecule has 70 valence electrons. The molecule has 0 aromatic rings. The van der Waals surface area contributed by atoms with Crippen molar-refractivity contribution in [3.8, 4) is 0 Å². The molecule has 1 fully saturated rings. The van der Waals surface area contributed by atoms with Gasteiger partial charge in [-0.05, 0) is 19.3 Å². The van der Waals surface area contributed by atoms with Crippen molar-refractivity contribution in [2.75, 3.05) is 18.3 Å². The zero-order valence-corrected chi connectivity index (χ0v) is 7.85. The molecule has 0 N–H and O–H groups in total. The summed E-state index contributed by atoms with van der Waals surface area (Å²) in [6.07, 6.45) is 4.26. The van der Waals surface area contributed by atoms with Gasteiger partial charge in [-0.2, -0.15) is 0 Å². The highest BCUT2D eigenvalue weighted by Gasteiger charge is 2.16. The van der Waals surface area contributed by atoms with Crippen LogP contribution in [-0.2, 0) is 14.3 Å². The molecule has 0 heterocycles. The Bertz CT molecular complexity index is 125. The predicted molar refractivity (Wildman–Crippen MR) is 48.1 cm³/mol. The van der Waals surface area contributed by atoms with Crippen LogP contribution in [0, 0.1) is 0 Å². The van der Waals surface area contributed by atoms with Gasteiger partial charge < -0.3 is 9.47 Å². The van der Waals surface area contributed by atoms with E-state index in [0.29, 0.717) is 18.5 Å². The highest BCUT2D eigenvalue weighted by Crippen LogP contribution is 2.21. The van der Waals surface area contributed by atoms with E-state index >= 15 is 0 Å². The minimum Gasteiger partial charge on any atom is -0.457 e. The monoisotopic (exact) mass is 190 g/mol. The van der Waals surface area contributed by atoms with Gasteiger partial charge in [0.05, 0.1) is 12.7 Å². The quantitative estimate of drug-likeness (QED) is 0.345. The Labute approximate surface area is 76.8 Å². The van der Waals surface area contributed by atoms with Crippen molar-refractivity contribution in [3.63, 3.8) is 0 Å². The van der Waals surface area contributed by atoms with Gasteiger partial charge in [-0.1, -0.05) is 0 Å². The molecular weight excluding hydrogens is 176 g/mol. The second-order valence-electron chi connectivity index (χ2n) is 2.71. The molecule has 1 aliphatic rings. The molecule has 0 spiro atoms. The zero-order chi connectivity index (χ0) is 8.65. The first-order valence-corrected chi connectivity index (χ1v) is 5.33. The Morgan fingerprint density at radius 3 is 2.92 bits per heavy atom. The average molecular weight is 190 g/mol. The molecule has 1 rings (SSSR count). The lowest BCUT2D eigenvalue weighted by atomic mass is 9.96. The Hall–Kier alpha value is -0.220. The van der Waals surface area contributed by atoms with Gasteiger partial charge >= 0.3 is 0 Å². The molecule has 0 aliphatic heterocycles. The normalized spacial score (nSPS) is 17.0. The molecule has 3 nitrogen and oxygen atoms in total. The second kappa shape index (κ2) is 6.31. The number of rotatable bonds is 7. The van der Waals surface area contributed by atoms with Crippen molar-refractivity contribution in [1.29, 1.82) is 0 Å². The topological polar surface area (TPSA) is 35.5 Å². The third kappa shape index (κ3) is 3.97. The van der Waals surface area contributed by atoms with Crippen LogP contribution in [0.25, 0.3) is 0 Å². The number of hydrogen-bond donors (Lipinski definition) is 0. The molecule has 0 saturated heterocycles. The molecule has 12 heavy (non-hydrogen) atoms. The molecule has 0 bridgehead atoms. The van der Waals surface area contributed by atoms with Crippen molar-refractivity contribution in [2.24, 2.45) is 0 Å². The predicted octanol–water partition coefficient (Wildman–Crippen LogP) is 1.42. The van der Waals surface area contributed by atoms with Crippen molar-refractivity contribution in [3.05, 3.63) is 0 Å². The van der Waals surface area contributed by atoms with Gasteiger partial charge in [0.25, 0.3) is 6.47 Å². The fraction of sp³-hybridized carbons (Fsp3) is 0.875. The van der Waals surface area contributed by atoms with Gasteiger partial charge in [0, 0.05) is 5.75 Å². The van der Waals surface area contributed by atoms with Gasteiger partial charge in [0.2, 0.25) is 0 Å². The lowest BCUT2D eigenvalue weighted by Gasteiger charge is -2.25. The minimum atomic E-state index is 0.442. The summed E-state index contributed by atoms with van der Waals surface area (Å²) < 4.78 is 10.0. The van der Waals surface area contributed by atoms with Gasteiger partial charge in [-0.3, -0.25) is 4.79 Å². The molecule has 0 atom stereocenters. The van der Waals surface area contributed by atoms with Crippen LogP contribution in [0.2, 0.25) is 0 Å². The number of carbonyl (C=O) groups is 1. The van der Waals surface area contributed by atoms with E-state index in [2.05, 4.69) is 4.74 Å². The molecule has 0 aromatic heterocycles. The highest BCUT2D eigenvalue weighted by atomic mass is 32.2. The lowest BCUT2D eigenvalue weighted by molar-refractivity contribution is -0.126. The van der Waals surface area contributed by atoms with Crippen molar-refractivity contribution in [1.82, 2.24) is 0 Å². The van der Waals surface area contributed by atoms with E-state index in [-0.39, 0.29) is 0 Å². The second-order valence-corrected chi connectivity index (χ2v) is 3.76. The fourth-order valence-corrected chi connectivity index (χ4v) is 1.43. The van der Waals surface area contributed by atoms with Crippen LogP contribution < -0.4 is 0 Å². The Morgan fingerprint density at radius 2 is 2.33 bits per heavy atom. The maximum absolute atomic E-state index is 9.73. The van der Waals surface area contributed by atoms with Crippen LogP contribution in [-0.4, -0.2) is 30.9 Å². The Kier molecular flexibility index (Phi) is 5.19. The van der Waals surface area contributed by atoms with Crippen LogP contribution in [0.5, 0.6) is 0 Å². The molecule has 0 aromatic carbocycles. The Balaban J connectivity index is 1.73. The molecule has 1 saturated carbocycles. The highest BCUT2D eigenvalue weighted by molar-refractivity contribution is 7.99. The summed E-state index contributed by atoms with van der Waals surface area (Å²) in [5, 5.41) is 0. The van der Waals surface area contributed by atoms with Crippen LogP contribution >= 0.6 is 11.8 Å². The molecular formula is C8H14O3S. The summed E-state index contributed by atoms with van der Waals surface area (Å²) >= 11 is 1.58. The summed E-state index contributed by atoms with van der Waals surface area (Å²) in [4.78, 5) is 9.73. The molecule has 0 radical (unpaired) electrons. The largest absolute Gasteiger partial charge is 0.457 e. The van der Waals surface area contributed by atoms with Gasteiger partial charge in [0.15, 0.2) is 0 Å². The number of hydrogen-bond acceptors (Lipinski definition) is 4. The summed E-state index contributed by atoms with van der Waals surface area (Å²) in [5.74, 6) is 1.35. The van der Waals surface area contributed by atoms with E-state index in [9.17, 15) is 4.79 Å². The lowest BCUT2D eigenvalue weighted by Crippen LogP contribution is -2.22. The zero-order valence-electron chi connectivity index (χ0n) is 7.03. The minimum absolute atomic E-state index is 0.442. The van der Waals surface area contributed by atoms with E-state index in [0.717, 1.165) is 12.4 Å². The maximum Gasteiger partial charge on any atom is 0.293 e. The van der Waals surface area contributed by atoms with E-state index in [1.54, 1.807) is 11.8 Å². The molecule has 4 heteroatoms. The third-order valence-corrected chi connectivity index (χ3v) is 2.61. The number of ether oxygens (including phenoxy) is 2. The van der Waals surface area contributed by atoms with Gasteiger partial charge in [-0.15, -0.1) is 11.8 Å². The molecule has 0 amide bonds. The van der Waals surface area contributed by atoms with E-state index in [1.807, 2.05) is 0 Å². The standard InChI is InChI=1S/C8H14O3S/c9-6-10-7-12-5-4-11-8-2-1-3-8/h6,8H,1-5,7H2. The first-order valence-electron chi connectivity index (χ1n) is 4.18. The first-order chi connectivity index (χ1) is 5.93. The summed E-state index contributed by atoms with van der Waals surface area (Å²) in [5.41, 5.74) is 0. The van der Waals surface area contributed by atoms with Gasteiger partial charge in [0.1, 0.15) is 5.94 Å². The first kappa shape index (κ1) is 9.86. The Morgan fingerprint density at radius 1 is 1.50 bits per heavy atom. The van der Waals surface area contributed by atoms with Crippen LogP contribution in [0.15, 0.2) is 0 Å². The van der Waals surface area contributed by atoms with E-state index in [4.69, 9.17) is 4.74 Å². The summed E-state index contributed by atoms with van der Waals surface area (Å²) in [7, 11) is 0.